The third-order valence-electron chi connectivity index (χ3n) is 6.22. The molecule has 1 atom stereocenters. The van der Waals surface area contributed by atoms with E-state index in [1.54, 1.807) is 31.5 Å². The Morgan fingerprint density at radius 2 is 2.12 bits per heavy atom. The van der Waals surface area contributed by atoms with Gasteiger partial charge in [0.25, 0.3) is 5.91 Å². The van der Waals surface area contributed by atoms with E-state index in [4.69, 9.17) is 16.4 Å². The molecule has 1 saturated carbocycles. The predicted octanol–water partition coefficient (Wildman–Crippen LogP) is 3.03. The number of nitrogens with one attached hydrogen (secondary N) is 1. The lowest BCUT2D eigenvalue weighted by molar-refractivity contribution is 0.102. The Bertz CT molecular complexity index is 1300. The highest BCUT2D eigenvalue weighted by Gasteiger charge is 2.28. The van der Waals surface area contributed by atoms with Crippen LogP contribution in [-0.2, 0) is 0 Å². The van der Waals surface area contributed by atoms with Crippen LogP contribution in [0.2, 0.25) is 0 Å². The largest absolute Gasteiger partial charge is 0.488 e. The van der Waals surface area contributed by atoms with Crippen LogP contribution < -0.4 is 21.7 Å². The minimum atomic E-state index is -0.616. The molecule has 0 unspecified atom stereocenters. The summed E-state index contributed by atoms with van der Waals surface area (Å²) in [5.74, 6) is 11.7. The first-order valence-corrected chi connectivity index (χ1v) is 11.1. The number of carbonyl (C=O) groups is 1. The molecule has 5 rings (SSSR count). The number of halogens is 1. The number of anilines is 1. The molecule has 10 heteroatoms. The van der Waals surface area contributed by atoms with E-state index in [1.807, 2.05) is 17.7 Å². The summed E-state index contributed by atoms with van der Waals surface area (Å²) in [6.07, 6.45) is 5.91. The lowest BCUT2D eigenvalue weighted by atomic mass is 10.1. The first-order valence-electron chi connectivity index (χ1n) is 11.1. The molecule has 5 N–H and O–H groups in total. The summed E-state index contributed by atoms with van der Waals surface area (Å²) in [5, 5.41) is 8.00. The van der Waals surface area contributed by atoms with Crippen molar-refractivity contribution in [3.05, 3.63) is 71.1 Å². The molecule has 2 aliphatic rings. The van der Waals surface area contributed by atoms with Gasteiger partial charge in [-0.25, -0.2) is 15.2 Å². The first-order chi connectivity index (χ1) is 16.4. The molecule has 3 aromatic rings. The molecule has 1 aromatic heterocycles. The number of carbonyl (C=O) groups excluding carboxylic acids is 1. The fraction of sp³-hybridized carbons (Fsp3) is 0.292. The highest BCUT2D eigenvalue weighted by Crippen LogP contribution is 2.39. The van der Waals surface area contributed by atoms with Gasteiger partial charge in [-0.3, -0.25) is 9.80 Å². The number of imidazole rings is 1. The Labute approximate surface area is 196 Å². The van der Waals surface area contributed by atoms with Gasteiger partial charge in [0.2, 0.25) is 0 Å². The fourth-order valence-electron chi connectivity index (χ4n) is 4.10. The van der Waals surface area contributed by atoms with Gasteiger partial charge >= 0.3 is 0 Å². The van der Waals surface area contributed by atoms with Gasteiger partial charge in [-0.05, 0) is 56.5 Å². The summed E-state index contributed by atoms with van der Waals surface area (Å²) in [6.45, 7) is 3.92. The summed E-state index contributed by atoms with van der Waals surface area (Å²) in [4.78, 5) is 17.6. The van der Waals surface area contributed by atoms with Gasteiger partial charge in [-0.2, -0.15) is 5.10 Å². The van der Waals surface area contributed by atoms with Gasteiger partial charge in [-0.15, -0.1) is 0 Å². The number of hydrazone groups is 1. The Hall–Kier alpha value is -3.92. The molecular weight excluding hydrogens is 437 g/mol. The summed E-state index contributed by atoms with van der Waals surface area (Å²) in [5.41, 5.74) is 3.22. The zero-order valence-electron chi connectivity index (χ0n) is 19.0. The average Bonchev–Trinajstić information content (AvgIpc) is 3.57. The zero-order chi connectivity index (χ0) is 24.0. The maximum Gasteiger partial charge on any atom is 0.258 e. The van der Waals surface area contributed by atoms with Gasteiger partial charge in [0, 0.05) is 12.1 Å². The number of aryl methyl sites for hydroxylation is 1. The summed E-state index contributed by atoms with van der Waals surface area (Å²) < 4.78 is 22.6. The van der Waals surface area contributed by atoms with Crippen LogP contribution in [0.1, 0.15) is 52.9 Å². The normalized spacial score (nSPS) is 18.9. The number of benzene rings is 2. The number of fused-ring (bicyclic) bond motifs is 1. The number of ether oxygens (including phenoxy) is 1. The highest BCUT2D eigenvalue weighted by atomic mass is 19.1. The van der Waals surface area contributed by atoms with Gasteiger partial charge < -0.3 is 20.5 Å². The Kier molecular flexibility index (Phi) is 5.45. The number of hydrogen-bond donors (Lipinski definition) is 3. The number of hydrazine groups is 1. The molecular formula is C24H26FN7O2. The van der Waals surface area contributed by atoms with Gasteiger partial charge in [0.15, 0.2) is 11.6 Å². The summed E-state index contributed by atoms with van der Waals surface area (Å²) >= 11 is 0. The third kappa shape index (κ3) is 3.86. The van der Waals surface area contributed by atoms with Crippen LogP contribution in [0.4, 0.5) is 10.1 Å². The van der Waals surface area contributed by atoms with Crippen molar-refractivity contribution in [1.29, 1.82) is 0 Å². The number of rotatable bonds is 4. The number of aromatic nitrogens is 2. The van der Waals surface area contributed by atoms with Crippen molar-refractivity contribution in [3.8, 4) is 11.4 Å². The first kappa shape index (κ1) is 21.9. The number of hydrogen-bond acceptors (Lipinski definition) is 6. The fourth-order valence-corrected chi connectivity index (χ4v) is 4.10. The van der Waals surface area contributed by atoms with E-state index >= 15 is 0 Å². The lowest BCUT2D eigenvalue weighted by Gasteiger charge is -2.22. The summed E-state index contributed by atoms with van der Waals surface area (Å²) in [7, 11) is 0. The number of para-hydroxylation sites is 1. The van der Waals surface area contributed by atoms with Crippen LogP contribution in [0.5, 0.6) is 5.75 Å². The number of amides is 1. The van der Waals surface area contributed by atoms with Crippen molar-refractivity contribution in [1.82, 2.24) is 14.6 Å². The van der Waals surface area contributed by atoms with Crippen LogP contribution in [0.3, 0.4) is 0 Å². The van der Waals surface area contributed by atoms with Crippen molar-refractivity contribution in [2.45, 2.75) is 38.6 Å². The van der Waals surface area contributed by atoms with Crippen LogP contribution in [-0.4, -0.2) is 39.0 Å². The Morgan fingerprint density at radius 1 is 1.32 bits per heavy atom. The van der Waals surface area contributed by atoms with Crippen LogP contribution >= 0.6 is 0 Å². The SMILES string of the molecule is Cc1cc(F)c(C(=O)Nc2cccc3c2OC[C@@H](C)N(N)/C3=N\N)cc1-n1cnc(C2CC2)c1. The highest BCUT2D eigenvalue weighted by molar-refractivity contribution is 6.08. The van der Waals surface area contributed by atoms with Crippen molar-refractivity contribution in [2.75, 3.05) is 11.9 Å². The molecule has 0 bridgehead atoms. The minimum absolute atomic E-state index is 0.0879. The number of nitrogens with two attached hydrogens (primary N) is 2. The molecule has 2 heterocycles. The minimum Gasteiger partial charge on any atom is -0.488 e. The maximum atomic E-state index is 14.9. The van der Waals surface area contributed by atoms with E-state index in [2.05, 4.69) is 15.4 Å². The quantitative estimate of drug-likeness (QED) is 0.404. The second-order valence-electron chi connectivity index (χ2n) is 8.76. The van der Waals surface area contributed by atoms with Gasteiger partial charge in [-0.1, -0.05) is 6.07 Å². The van der Waals surface area contributed by atoms with E-state index in [0.717, 1.165) is 18.5 Å². The maximum absolute atomic E-state index is 14.9. The zero-order valence-corrected chi connectivity index (χ0v) is 19.0. The van der Waals surface area contributed by atoms with Crippen molar-refractivity contribution >= 4 is 17.4 Å². The van der Waals surface area contributed by atoms with Gasteiger partial charge in [0.1, 0.15) is 12.4 Å². The summed E-state index contributed by atoms with van der Waals surface area (Å²) in [6, 6.07) is 7.83. The smallest absolute Gasteiger partial charge is 0.258 e. The second kappa shape index (κ2) is 8.45. The van der Waals surface area contributed by atoms with Crippen molar-refractivity contribution < 1.29 is 13.9 Å². The molecule has 1 aliphatic carbocycles. The molecule has 0 spiro atoms. The molecule has 1 aliphatic heterocycles. The molecule has 1 amide bonds. The number of nitrogens with zero attached hydrogens (tertiary/aromatic N) is 4. The van der Waals surface area contributed by atoms with E-state index in [0.29, 0.717) is 40.0 Å². The number of amidine groups is 1. The van der Waals surface area contributed by atoms with E-state index < -0.39 is 11.7 Å². The standard InChI is InChI=1S/C24H26FN7O2/c1-13-8-18(25)17(9-21(13)31-10-20(28-12-31)15-6-7-15)24(33)29-19-5-3-4-16-22(19)34-11-14(2)32(27)23(16)30-26/h3-5,8-10,12,14-15H,6-7,11,26-27H2,1-2H3,(H,29,33)/b30-23-/t14-/m1/s1. The third-order valence-corrected chi connectivity index (χ3v) is 6.22. The molecule has 34 heavy (non-hydrogen) atoms. The molecule has 0 saturated heterocycles. The second-order valence-corrected chi connectivity index (χ2v) is 8.76. The molecule has 1 fully saturated rings. The van der Waals surface area contributed by atoms with Gasteiger partial charge in [0.05, 0.1) is 40.6 Å². The Balaban J connectivity index is 1.48. The molecule has 9 nitrogen and oxygen atoms in total. The van der Waals surface area contributed by atoms with Crippen LogP contribution in [0, 0.1) is 12.7 Å². The molecule has 2 aromatic carbocycles. The lowest BCUT2D eigenvalue weighted by Crippen LogP contribution is -2.46. The van der Waals surface area contributed by atoms with Crippen LogP contribution in [0.15, 0.2) is 48.0 Å². The molecule has 0 radical (unpaired) electrons. The van der Waals surface area contributed by atoms with Crippen molar-refractivity contribution in [3.63, 3.8) is 0 Å². The topological polar surface area (TPSA) is 124 Å². The average molecular weight is 464 g/mol. The monoisotopic (exact) mass is 463 g/mol. The Morgan fingerprint density at radius 3 is 2.85 bits per heavy atom. The van der Waals surface area contributed by atoms with E-state index in [1.165, 1.54) is 17.1 Å². The van der Waals surface area contributed by atoms with Crippen LogP contribution in [0.25, 0.3) is 5.69 Å². The molecule has 176 valence electrons. The van der Waals surface area contributed by atoms with Crippen molar-refractivity contribution in [2.24, 2.45) is 16.8 Å². The van der Waals surface area contributed by atoms with E-state index in [9.17, 15) is 9.18 Å². The predicted molar refractivity (Wildman–Crippen MR) is 126 cm³/mol. The van der Waals surface area contributed by atoms with E-state index in [-0.39, 0.29) is 18.2 Å².